The fourth-order valence-corrected chi connectivity index (χ4v) is 5.32. The Morgan fingerprint density at radius 3 is 1.15 bits per heavy atom. The molecule has 0 N–H and O–H groups in total. The molecule has 0 saturated heterocycles. The molecule has 0 aliphatic carbocycles. The fourth-order valence-electron chi connectivity index (χ4n) is 5.32. The zero-order chi connectivity index (χ0) is 25.4. The van der Waals surface area contributed by atoms with Crippen LogP contribution in [0.4, 0.5) is 0 Å². The van der Waals surface area contributed by atoms with E-state index in [1.54, 1.807) is 0 Å². The third kappa shape index (κ3) is 6.66. The van der Waals surface area contributed by atoms with Crippen molar-refractivity contribution in [3.05, 3.63) is 130 Å². The van der Waals surface area contributed by atoms with Crippen molar-refractivity contribution in [2.75, 3.05) is 0 Å². The van der Waals surface area contributed by atoms with E-state index in [-0.39, 0.29) is 51.0 Å². The Bertz CT molecular complexity index is 1570. The predicted octanol–water partition coefficient (Wildman–Crippen LogP) is 4.31. The van der Waals surface area contributed by atoms with Crippen molar-refractivity contribution in [2.24, 2.45) is 0 Å². The van der Waals surface area contributed by atoms with Crippen molar-refractivity contribution >= 4 is 21.5 Å². The van der Waals surface area contributed by atoms with Gasteiger partial charge in [0, 0.05) is 0 Å². The van der Waals surface area contributed by atoms with Crippen molar-refractivity contribution in [3.8, 4) is 22.3 Å². The van der Waals surface area contributed by atoms with E-state index in [4.69, 9.17) is 0 Å². The van der Waals surface area contributed by atoms with E-state index in [9.17, 15) is 0 Å². The van der Waals surface area contributed by atoms with Crippen LogP contribution in [0.25, 0.3) is 43.8 Å². The average molecular weight is 629 g/mol. The molecule has 0 heterocycles. The minimum atomic E-state index is 0. The van der Waals surface area contributed by atoms with Gasteiger partial charge < -0.3 is 24.8 Å². The molecule has 6 aromatic carbocycles. The van der Waals surface area contributed by atoms with Crippen molar-refractivity contribution in [2.45, 2.75) is 41.5 Å². The molecule has 0 atom stereocenters. The van der Waals surface area contributed by atoms with Crippen molar-refractivity contribution in [1.29, 1.82) is 0 Å². The first-order chi connectivity index (χ1) is 17.3. The minimum Gasteiger partial charge on any atom is -1.00 e. The Morgan fingerprint density at radius 1 is 0.436 bits per heavy atom. The number of benzene rings is 4. The van der Waals surface area contributed by atoms with Crippen LogP contribution in [0.15, 0.2) is 97.1 Å². The molecule has 0 radical (unpaired) electrons. The first kappa shape index (κ1) is 32.8. The van der Waals surface area contributed by atoms with Crippen LogP contribution < -0.4 is 24.8 Å². The number of halogens is 2. The molecule has 0 amide bonds. The summed E-state index contributed by atoms with van der Waals surface area (Å²) in [6.45, 7) is 13.1. The number of fused-ring (bicyclic) bond motifs is 2. The SMILES string of the molecule is Cc1cc2c(-c3cccc(C)c3C)cccc2[cH-]1.Cc1cc2c(-c3cccc(C)c3C)cccc2[cH-]1.[Cl-].[Cl-].[Zr+4]. The van der Waals surface area contributed by atoms with Gasteiger partial charge in [-0.2, -0.15) is 12.1 Å². The molecule has 6 aromatic rings. The maximum Gasteiger partial charge on any atom is 4.00 e. The van der Waals surface area contributed by atoms with E-state index in [0.29, 0.717) is 0 Å². The third-order valence-electron chi connectivity index (χ3n) is 7.58. The second-order valence-corrected chi connectivity index (χ2v) is 10.2. The van der Waals surface area contributed by atoms with Crippen LogP contribution in [0.3, 0.4) is 0 Å². The standard InChI is InChI=1S/2C18H17.2ClH.Zr/c2*1-12-10-15-7-5-9-17(18(15)11-12)16-8-4-6-13(2)14(16)3;;;/h2*4-11H,1-3H3;2*1H;/q2*-1;;;+4/p-2. The molecular formula is C36H34Cl2Zr. The molecule has 0 aliphatic heterocycles. The van der Waals surface area contributed by atoms with E-state index in [2.05, 4.69) is 139 Å². The van der Waals surface area contributed by atoms with Gasteiger partial charge in [0.05, 0.1) is 0 Å². The van der Waals surface area contributed by atoms with Gasteiger partial charge in [-0.3, -0.25) is 0 Å². The molecule has 0 aliphatic rings. The minimum absolute atomic E-state index is 0. The topological polar surface area (TPSA) is 0 Å². The summed E-state index contributed by atoms with van der Waals surface area (Å²) in [5.41, 5.74) is 13.5. The Morgan fingerprint density at radius 2 is 0.769 bits per heavy atom. The van der Waals surface area contributed by atoms with Crippen LogP contribution >= 0.6 is 0 Å². The summed E-state index contributed by atoms with van der Waals surface area (Å²) in [6.07, 6.45) is 0. The Kier molecular flexibility index (Phi) is 11.6. The van der Waals surface area contributed by atoms with E-state index in [1.807, 2.05) is 0 Å². The second kappa shape index (κ2) is 13.8. The van der Waals surface area contributed by atoms with Gasteiger partial charge in [-0.25, -0.2) is 0 Å². The van der Waals surface area contributed by atoms with E-state index >= 15 is 0 Å². The van der Waals surface area contributed by atoms with E-state index < -0.39 is 0 Å². The van der Waals surface area contributed by atoms with Crippen LogP contribution in [0.1, 0.15) is 33.4 Å². The van der Waals surface area contributed by atoms with Crippen LogP contribution in [-0.2, 0) is 26.2 Å². The summed E-state index contributed by atoms with van der Waals surface area (Å²) in [5, 5.41) is 5.41. The summed E-state index contributed by atoms with van der Waals surface area (Å²) in [5.74, 6) is 0. The molecular weight excluding hydrogens is 595 g/mol. The predicted molar refractivity (Wildman–Crippen MR) is 158 cm³/mol. The normalized spacial score (nSPS) is 10.2. The van der Waals surface area contributed by atoms with Crippen molar-refractivity contribution in [3.63, 3.8) is 0 Å². The molecule has 6 rings (SSSR count). The molecule has 0 aromatic heterocycles. The van der Waals surface area contributed by atoms with Gasteiger partial charge in [0.1, 0.15) is 0 Å². The molecule has 0 saturated carbocycles. The van der Waals surface area contributed by atoms with Gasteiger partial charge in [-0.15, -0.1) is 69.1 Å². The van der Waals surface area contributed by atoms with Gasteiger partial charge in [0.2, 0.25) is 0 Å². The molecule has 0 spiro atoms. The first-order valence-electron chi connectivity index (χ1n) is 12.8. The quantitative estimate of drug-likeness (QED) is 0.251. The molecule has 0 fully saturated rings. The first-order valence-corrected chi connectivity index (χ1v) is 12.8. The Hall–Kier alpha value is -2.44. The molecule has 0 bridgehead atoms. The molecule has 0 unspecified atom stereocenters. The maximum absolute atomic E-state index is 2.28. The van der Waals surface area contributed by atoms with Gasteiger partial charge in [-0.1, -0.05) is 73.5 Å². The molecule has 39 heavy (non-hydrogen) atoms. The Labute approximate surface area is 265 Å². The maximum atomic E-state index is 2.28. The number of aryl methyl sites for hydroxylation is 4. The van der Waals surface area contributed by atoms with Crippen LogP contribution in [-0.4, -0.2) is 0 Å². The van der Waals surface area contributed by atoms with Gasteiger partial charge in [0.25, 0.3) is 0 Å². The summed E-state index contributed by atoms with van der Waals surface area (Å²) < 4.78 is 0. The van der Waals surface area contributed by atoms with Crippen LogP contribution in [0.5, 0.6) is 0 Å². The average Bonchev–Trinajstić information content (AvgIpc) is 3.43. The summed E-state index contributed by atoms with van der Waals surface area (Å²) in [7, 11) is 0. The number of hydrogen-bond acceptors (Lipinski definition) is 0. The van der Waals surface area contributed by atoms with E-state index in [1.165, 1.54) is 77.2 Å². The van der Waals surface area contributed by atoms with Gasteiger partial charge in [0.15, 0.2) is 0 Å². The molecule has 196 valence electrons. The molecule has 3 heteroatoms. The second-order valence-electron chi connectivity index (χ2n) is 10.2. The summed E-state index contributed by atoms with van der Waals surface area (Å²) in [6, 6.07) is 35.3. The zero-order valence-electron chi connectivity index (χ0n) is 23.5. The third-order valence-corrected chi connectivity index (χ3v) is 7.58. The molecule has 0 nitrogen and oxygen atoms in total. The number of rotatable bonds is 2. The smallest absolute Gasteiger partial charge is 1.00 e. The summed E-state index contributed by atoms with van der Waals surface area (Å²) >= 11 is 0. The zero-order valence-corrected chi connectivity index (χ0v) is 27.5. The fraction of sp³-hybridized carbons (Fsp3) is 0.167. The Balaban J connectivity index is 0.000000254. The van der Waals surface area contributed by atoms with Crippen molar-refractivity contribution in [1.82, 2.24) is 0 Å². The largest absolute Gasteiger partial charge is 4.00 e. The van der Waals surface area contributed by atoms with Crippen LogP contribution in [0, 0.1) is 41.5 Å². The summed E-state index contributed by atoms with van der Waals surface area (Å²) in [4.78, 5) is 0. The van der Waals surface area contributed by atoms with Gasteiger partial charge >= 0.3 is 26.2 Å². The van der Waals surface area contributed by atoms with Gasteiger partial charge in [-0.05, 0) is 61.1 Å². The monoisotopic (exact) mass is 626 g/mol. The number of hydrogen-bond donors (Lipinski definition) is 0. The van der Waals surface area contributed by atoms with Crippen molar-refractivity contribution < 1.29 is 51.0 Å². The van der Waals surface area contributed by atoms with Crippen LogP contribution in [0.2, 0.25) is 0 Å². The van der Waals surface area contributed by atoms with E-state index in [0.717, 1.165) is 0 Å².